The van der Waals surface area contributed by atoms with Gasteiger partial charge in [-0.25, -0.2) is 19.2 Å². The molecule has 122 valence electrons. The second-order valence-electron chi connectivity index (χ2n) is 5.66. The lowest BCUT2D eigenvalue weighted by atomic mass is 10.2. The van der Waals surface area contributed by atoms with Crippen LogP contribution < -0.4 is 15.8 Å². The molecule has 1 amide bonds. The molecule has 7 nitrogen and oxygen atoms in total. The van der Waals surface area contributed by atoms with E-state index in [-0.39, 0.29) is 23.1 Å². The summed E-state index contributed by atoms with van der Waals surface area (Å²) in [4.78, 5) is 19.4. The molecule has 0 spiro atoms. The first-order valence-electron chi connectivity index (χ1n) is 6.78. The standard InChI is InChI=1S/C15H17FN4O3/c1-15(2,3)23-14(21)20-12-7-13(19-8-18-12)22-11-5-4-9(17)6-10(11)16/h4-8H,17H2,1-3H3,(H,18,19,20,21). The average molecular weight is 320 g/mol. The van der Waals surface area contributed by atoms with Crippen molar-refractivity contribution in [3.05, 3.63) is 36.4 Å². The molecule has 0 saturated carbocycles. The van der Waals surface area contributed by atoms with E-state index in [4.69, 9.17) is 15.2 Å². The first kappa shape index (κ1) is 16.5. The van der Waals surface area contributed by atoms with Crippen molar-refractivity contribution in [2.45, 2.75) is 26.4 Å². The second-order valence-corrected chi connectivity index (χ2v) is 5.66. The normalized spacial score (nSPS) is 11.0. The number of carbonyl (C=O) groups is 1. The SMILES string of the molecule is CC(C)(C)OC(=O)Nc1cc(Oc2ccc(N)cc2F)ncn1. The predicted molar refractivity (Wildman–Crippen MR) is 82.8 cm³/mol. The Kier molecular flexibility index (Phi) is 4.63. The molecule has 1 heterocycles. The van der Waals surface area contributed by atoms with Crippen molar-refractivity contribution in [1.29, 1.82) is 0 Å². The third kappa shape index (κ3) is 5.10. The van der Waals surface area contributed by atoms with Crippen molar-refractivity contribution < 1.29 is 18.7 Å². The third-order valence-corrected chi connectivity index (χ3v) is 2.44. The number of carbonyl (C=O) groups excluding carboxylic acids is 1. The number of nitrogens with one attached hydrogen (secondary N) is 1. The summed E-state index contributed by atoms with van der Waals surface area (Å²) in [6.07, 6.45) is 0.512. The van der Waals surface area contributed by atoms with E-state index in [0.717, 1.165) is 6.07 Å². The molecule has 1 aromatic carbocycles. The number of ether oxygens (including phenoxy) is 2. The molecule has 2 rings (SSSR count). The fourth-order valence-electron chi connectivity index (χ4n) is 1.58. The number of amides is 1. The van der Waals surface area contributed by atoms with Crippen LogP contribution in [0.5, 0.6) is 11.6 Å². The molecule has 0 aliphatic rings. The van der Waals surface area contributed by atoms with E-state index in [1.54, 1.807) is 20.8 Å². The molecule has 0 aliphatic carbocycles. The van der Waals surface area contributed by atoms with E-state index in [0.29, 0.717) is 0 Å². The van der Waals surface area contributed by atoms with E-state index in [1.165, 1.54) is 24.5 Å². The number of nitrogen functional groups attached to an aromatic ring is 1. The molecule has 0 atom stereocenters. The summed E-state index contributed by atoms with van der Waals surface area (Å²) in [5.41, 5.74) is 5.11. The second kappa shape index (κ2) is 6.47. The summed E-state index contributed by atoms with van der Waals surface area (Å²) >= 11 is 0. The quantitative estimate of drug-likeness (QED) is 0.841. The van der Waals surface area contributed by atoms with Gasteiger partial charge in [0.25, 0.3) is 0 Å². The molecule has 8 heteroatoms. The van der Waals surface area contributed by atoms with Crippen LogP contribution in [0.15, 0.2) is 30.6 Å². The number of hydrogen-bond acceptors (Lipinski definition) is 6. The highest BCUT2D eigenvalue weighted by Crippen LogP contribution is 2.25. The zero-order valence-corrected chi connectivity index (χ0v) is 13.0. The summed E-state index contributed by atoms with van der Waals surface area (Å²) < 4.78 is 24.1. The summed E-state index contributed by atoms with van der Waals surface area (Å²) in [6.45, 7) is 5.22. The van der Waals surface area contributed by atoms with Gasteiger partial charge in [0.05, 0.1) is 0 Å². The van der Waals surface area contributed by atoms with Crippen LogP contribution in [0.25, 0.3) is 0 Å². The van der Waals surface area contributed by atoms with Crippen molar-refractivity contribution in [2.24, 2.45) is 0 Å². The van der Waals surface area contributed by atoms with Gasteiger partial charge < -0.3 is 15.2 Å². The van der Waals surface area contributed by atoms with Crippen LogP contribution in [0.3, 0.4) is 0 Å². The van der Waals surface area contributed by atoms with Gasteiger partial charge in [-0.3, -0.25) is 5.32 Å². The van der Waals surface area contributed by atoms with Crippen molar-refractivity contribution in [3.63, 3.8) is 0 Å². The number of anilines is 2. The maximum Gasteiger partial charge on any atom is 0.413 e. The zero-order chi connectivity index (χ0) is 17.0. The summed E-state index contributed by atoms with van der Waals surface area (Å²) in [5, 5.41) is 2.44. The van der Waals surface area contributed by atoms with Crippen LogP contribution in [0.1, 0.15) is 20.8 Å². The first-order chi connectivity index (χ1) is 10.7. The van der Waals surface area contributed by atoms with Gasteiger partial charge in [-0.2, -0.15) is 0 Å². The average Bonchev–Trinajstić information content (AvgIpc) is 2.40. The van der Waals surface area contributed by atoms with Gasteiger partial charge in [0.1, 0.15) is 17.7 Å². The molecule has 0 fully saturated rings. The zero-order valence-electron chi connectivity index (χ0n) is 13.0. The van der Waals surface area contributed by atoms with Gasteiger partial charge in [-0.05, 0) is 32.9 Å². The molecule has 0 bridgehead atoms. The Morgan fingerprint density at radius 2 is 2.00 bits per heavy atom. The van der Waals surface area contributed by atoms with Crippen molar-refractivity contribution in [1.82, 2.24) is 9.97 Å². The van der Waals surface area contributed by atoms with Gasteiger partial charge in [0.15, 0.2) is 11.6 Å². The molecule has 23 heavy (non-hydrogen) atoms. The number of rotatable bonds is 3. The lowest BCUT2D eigenvalue weighted by Crippen LogP contribution is -2.27. The van der Waals surface area contributed by atoms with Crippen LogP contribution in [0, 0.1) is 5.82 Å². The van der Waals surface area contributed by atoms with E-state index < -0.39 is 17.5 Å². The number of nitrogens with zero attached hydrogens (tertiary/aromatic N) is 2. The molecule has 1 aromatic heterocycles. The van der Waals surface area contributed by atoms with Crippen LogP contribution >= 0.6 is 0 Å². The third-order valence-electron chi connectivity index (χ3n) is 2.44. The highest BCUT2D eigenvalue weighted by atomic mass is 19.1. The van der Waals surface area contributed by atoms with Crippen LogP contribution in [0.4, 0.5) is 20.7 Å². The minimum absolute atomic E-state index is 0.0406. The van der Waals surface area contributed by atoms with E-state index >= 15 is 0 Å². The smallest absolute Gasteiger partial charge is 0.413 e. The Bertz CT molecular complexity index is 716. The number of halogens is 1. The van der Waals surface area contributed by atoms with Gasteiger partial charge in [0, 0.05) is 17.8 Å². The van der Waals surface area contributed by atoms with Gasteiger partial charge in [0.2, 0.25) is 5.88 Å². The fourth-order valence-corrected chi connectivity index (χ4v) is 1.58. The highest BCUT2D eigenvalue weighted by molar-refractivity contribution is 5.83. The fraction of sp³-hybridized carbons (Fsp3) is 0.267. The van der Waals surface area contributed by atoms with Gasteiger partial charge >= 0.3 is 6.09 Å². The highest BCUT2D eigenvalue weighted by Gasteiger charge is 2.17. The van der Waals surface area contributed by atoms with Gasteiger partial charge in [-0.1, -0.05) is 0 Å². The molecular weight excluding hydrogens is 303 g/mol. The van der Waals surface area contributed by atoms with Crippen LogP contribution in [-0.2, 0) is 4.74 Å². The summed E-state index contributed by atoms with van der Waals surface area (Å²) in [5.74, 6) is -0.429. The van der Waals surface area contributed by atoms with Crippen LogP contribution in [0.2, 0.25) is 0 Å². The molecule has 0 radical (unpaired) electrons. The Morgan fingerprint density at radius 3 is 2.65 bits per heavy atom. The minimum Gasteiger partial charge on any atom is -0.444 e. The minimum atomic E-state index is -0.666. The molecule has 0 unspecified atom stereocenters. The van der Waals surface area contributed by atoms with Crippen molar-refractivity contribution >= 4 is 17.6 Å². The summed E-state index contributed by atoms with van der Waals surface area (Å²) in [6, 6.07) is 5.36. The Labute approximate surface area is 132 Å². The Balaban J connectivity index is 2.09. The maximum absolute atomic E-state index is 13.7. The van der Waals surface area contributed by atoms with Crippen molar-refractivity contribution in [2.75, 3.05) is 11.1 Å². The lowest BCUT2D eigenvalue weighted by molar-refractivity contribution is 0.0635. The number of nitrogens with two attached hydrogens (primary N) is 1. The molecule has 2 aromatic rings. The van der Waals surface area contributed by atoms with E-state index in [9.17, 15) is 9.18 Å². The van der Waals surface area contributed by atoms with E-state index in [1.807, 2.05) is 0 Å². The molecule has 0 aliphatic heterocycles. The first-order valence-corrected chi connectivity index (χ1v) is 6.78. The predicted octanol–water partition coefficient (Wildman–Crippen LogP) is 3.34. The summed E-state index contributed by atoms with van der Waals surface area (Å²) in [7, 11) is 0. The monoisotopic (exact) mass is 320 g/mol. The lowest BCUT2D eigenvalue weighted by Gasteiger charge is -2.19. The molecule has 0 saturated heterocycles. The Hall–Kier alpha value is -2.90. The Morgan fingerprint density at radius 1 is 1.26 bits per heavy atom. The van der Waals surface area contributed by atoms with Gasteiger partial charge in [-0.15, -0.1) is 0 Å². The molecular formula is C15H17FN4O3. The largest absolute Gasteiger partial charge is 0.444 e. The maximum atomic E-state index is 13.7. The number of benzene rings is 1. The molecule has 3 N–H and O–H groups in total. The number of hydrogen-bond donors (Lipinski definition) is 2. The van der Waals surface area contributed by atoms with E-state index in [2.05, 4.69) is 15.3 Å². The topological polar surface area (TPSA) is 99.4 Å². The van der Waals surface area contributed by atoms with Crippen molar-refractivity contribution in [3.8, 4) is 11.6 Å². The van der Waals surface area contributed by atoms with Crippen LogP contribution in [-0.4, -0.2) is 21.7 Å². The number of aromatic nitrogens is 2.